The highest BCUT2D eigenvalue weighted by atomic mass is 32.2. The summed E-state index contributed by atoms with van der Waals surface area (Å²) < 4.78 is 32.1. The zero-order valence-electron chi connectivity index (χ0n) is 23.3. The second-order valence-electron chi connectivity index (χ2n) is 13.1. The second-order valence-corrected chi connectivity index (χ2v) is 15.1. The monoisotopic (exact) mass is 552 g/mol. The number of benzene rings is 1. The van der Waals surface area contributed by atoms with Gasteiger partial charge in [0.05, 0.1) is 22.3 Å². The maximum atomic E-state index is 13.7. The van der Waals surface area contributed by atoms with Crippen molar-refractivity contribution < 1.29 is 17.9 Å². The Hall–Kier alpha value is -2.65. The first-order chi connectivity index (χ1) is 18.5. The lowest BCUT2D eigenvalue weighted by Gasteiger charge is -2.37. The fraction of sp³-hybridized carbons (Fsp3) is 0.600. The Morgan fingerprint density at radius 2 is 1.82 bits per heavy atom. The van der Waals surface area contributed by atoms with Gasteiger partial charge in [0.2, 0.25) is 0 Å². The Morgan fingerprint density at radius 1 is 1.05 bits per heavy atom. The number of fused-ring (bicyclic) bond motifs is 2. The summed E-state index contributed by atoms with van der Waals surface area (Å²) in [5.41, 5.74) is 1.11. The van der Waals surface area contributed by atoms with Gasteiger partial charge in [-0.15, -0.1) is 0 Å². The van der Waals surface area contributed by atoms with Gasteiger partial charge in [0.1, 0.15) is 17.9 Å². The van der Waals surface area contributed by atoms with Crippen LogP contribution in [-0.4, -0.2) is 57.0 Å². The van der Waals surface area contributed by atoms with Gasteiger partial charge in [0.25, 0.3) is 5.91 Å². The maximum absolute atomic E-state index is 13.7. The third-order valence-corrected chi connectivity index (χ3v) is 10.9. The molecule has 1 spiro atoms. The SMILES string of the molecule is CC(C)(C)CS(=O)(=O)c1cccc(NC(=O)c2ccc(N3CC[C@H]4CC[C@@H]3O4)nc2N2CCC3(CC2)CC3)c1. The zero-order valence-corrected chi connectivity index (χ0v) is 24.1. The van der Waals surface area contributed by atoms with Gasteiger partial charge in [0, 0.05) is 25.3 Å². The van der Waals surface area contributed by atoms with E-state index < -0.39 is 9.84 Å². The molecule has 1 aliphatic carbocycles. The molecule has 210 valence electrons. The van der Waals surface area contributed by atoms with Gasteiger partial charge in [-0.25, -0.2) is 13.4 Å². The Morgan fingerprint density at radius 3 is 2.54 bits per heavy atom. The van der Waals surface area contributed by atoms with E-state index in [-0.39, 0.29) is 28.2 Å². The minimum atomic E-state index is -3.48. The molecule has 4 fully saturated rings. The van der Waals surface area contributed by atoms with Gasteiger partial charge in [-0.05, 0) is 86.1 Å². The molecule has 1 N–H and O–H groups in total. The summed E-state index contributed by atoms with van der Waals surface area (Å²) in [6.07, 6.45) is 8.38. The Kier molecular flexibility index (Phi) is 6.65. The third kappa shape index (κ3) is 5.66. The van der Waals surface area contributed by atoms with Crippen LogP contribution in [0.15, 0.2) is 41.3 Å². The number of nitrogens with zero attached hydrogens (tertiary/aromatic N) is 3. The first kappa shape index (κ1) is 26.6. The summed E-state index contributed by atoms with van der Waals surface area (Å²) in [4.78, 5) is 23.5. The largest absolute Gasteiger partial charge is 0.356 e. The number of piperidine rings is 1. The molecule has 4 heterocycles. The maximum Gasteiger partial charge on any atom is 0.259 e. The van der Waals surface area contributed by atoms with Crippen molar-refractivity contribution in [3.8, 4) is 0 Å². The number of anilines is 3. The molecule has 0 radical (unpaired) electrons. The van der Waals surface area contributed by atoms with Crippen molar-refractivity contribution >= 4 is 33.1 Å². The number of carbonyl (C=O) groups is 1. The molecule has 2 bridgehead atoms. The Balaban J connectivity index is 1.27. The predicted octanol–water partition coefficient (Wildman–Crippen LogP) is 5.25. The lowest BCUT2D eigenvalue weighted by atomic mass is 9.93. The molecule has 39 heavy (non-hydrogen) atoms. The van der Waals surface area contributed by atoms with Crippen molar-refractivity contribution in [2.75, 3.05) is 40.5 Å². The summed E-state index contributed by atoms with van der Waals surface area (Å²) in [5.74, 6) is 1.31. The fourth-order valence-electron chi connectivity index (χ4n) is 6.32. The zero-order chi connectivity index (χ0) is 27.4. The van der Waals surface area contributed by atoms with Gasteiger partial charge < -0.3 is 19.9 Å². The predicted molar refractivity (Wildman–Crippen MR) is 153 cm³/mol. The standard InChI is InChI=1S/C30H40N4O4S/c1-29(2,3)20-39(36,37)23-6-4-5-21(19-23)31-28(35)24-8-9-25(34-16-11-22-7-10-26(34)38-22)32-27(24)33-17-14-30(12-13-30)15-18-33/h4-6,8-9,19,22,26H,7,10-18,20H2,1-3H3,(H,31,35)/t22-,26+/m1/s1. The summed E-state index contributed by atoms with van der Waals surface area (Å²) >= 11 is 0. The van der Waals surface area contributed by atoms with Crippen LogP contribution in [0.5, 0.6) is 0 Å². The minimum absolute atomic E-state index is 0.0331. The molecular weight excluding hydrogens is 512 g/mol. The highest BCUT2D eigenvalue weighted by Gasteiger charge is 2.45. The van der Waals surface area contributed by atoms with Crippen LogP contribution in [0.2, 0.25) is 0 Å². The molecule has 8 nitrogen and oxygen atoms in total. The molecule has 9 heteroatoms. The van der Waals surface area contributed by atoms with E-state index in [1.165, 1.54) is 12.8 Å². The van der Waals surface area contributed by atoms with E-state index in [1.54, 1.807) is 24.3 Å². The molecule has 2 atom stereocenters. The van der Waals surface area contributed by atoms with E-state index >= 15 is 0 Å². The number of amides is 1. The van der Waals surface area contributed by atoms with Crippen LogP contribution in [0, 0.1) is 10.8 Å². The fourth-order valence-corrected chi connectivity index (χ4v) is 8.22. The third-order valence-electron chi connectivity index (χ3n) is 8.68. The Labute approximate surface area is 232 Å². The average Bonchev–Trinajstić information content (AvgIpc) is 3.54. The summed E-state index contributed by atoms with van der Waals surface area (Å²) in [7, 11) is -3.48. The van der Waals surface area contributed by atoms with Gasteiger partial charge in [-0.2, -0.15) is 0 Å². The van der Waals surface area contributed by atoms with E-state index in [2.05, 4.69) is 15.1 Å². The minimum Gasteiger partial charge on any atom is -0.356 e. The van der Waals surface area contributed by atoms with Crippen LogP contribution < -0.4 is 15.1 Å². The number of ether oxygens (including phenoxy) is 1. The molecule has 1 saturated carbocycles. The van der Waals surface area contributed by atoms with E-state index in [1.807, 2.05) is 32.9 Å². The van der Waals surface area contributed by atoms with Gasteiger partial charge in [-0.3, -0.25) is 4.79 Å². The summed E-state index contributed by atoms with van der Waals surface area (Å²) in [6, 6.07) is 10.4. The van der Waals surface area contributed by atoms with Crippen LogP contribution in [0.4, 0.5) is 17.3 Å². The normalized spacial score (nSPS) is 24.2. The Bertz CT molecular complexity index is 1360. The molecule has 1 aromatic carbocycles. The first-order valence-corrected chi connectivity index (χ1v) is 16.0. The second kappa shape index (κ2) is 9.77. The molecule has 3 saturated heterocycles. The molecule has 3 aliphatic heterocycles. The van der Waals surface area contributed by atoms with E-state index in [0.29, 0.717) is 28.6 Å². The number of aromatic nitrogens is 1. The first-order valence-electron chi connectivity index (χ1n) is 14.3. The van der Waals surface area contributed by atoms with Crippen molar-refractivity contribution in [1.29, 1.82) is 0 Å². The highest BCUT2D eigenvalue weighted by Crippen LogP contribution is 2.54. The lowest BCUT2D eigenvalue weighted by molar-refractivity contribution is 0.0148. The molecular formula is C30H40N4O4S. The van der Waals surface area contributed by atoms with Crippen molar-refractivity contribution in [2.24, 2.45) is 10.8 Å². The number of nitrogens with one attached hydrogen (secondary N) is 1. The van der Waals surface area contributed by atoms with E-state index in [0.717, 1.165) is 57.6 Å². The van der Waals surface area contributed by atoms with Crippen molar-refractivity contribution in [1.82, 2.24) is 4.98 Å². The van der Waals surface area contributed by atoms with Crippen LogP contribution >= 0.6 is 0 Å². The molecule has 1 amide bonds. The number of rotatable bonds is 6. The van der Waals surface area contributed by atoms with Gasteiger partial charge in [0.15, 0.2) is 9.84 Å². The van der Waals surface area contributed by atoms with Crippen molar-refractivity contribution in [2.45, 2.75) is 82.9 Å². The van der Waals surface area contributed by atoms with Gasteiger partial charge >= 0.3 is 0 Å². The lowest BCUT2D eigenvalue weighted by Crippen LogP contribution is -2.42. The smallest absolute Gasteiger partial charge is 0.259 e. The van der Waals surface area contributed by atoms with Crippen LogP contribution in [0.1, 0.15) is 76.1 Å². The topological polar surface area (TPSA) is 91.8 Å². The number of carbonyl (C=O) groups excluding carboxylic acids is 1. The number of pyridine rings is 1. The van der Waals surface area contributed by atoms with Crippen molar-refractivity contribution in [3.05, 3.63) is 42.0 Å². The van der Waals surface area contributed by atoms with E-state index in [4.69, 9.17) is 9.72 Å². The quantitative estimate of drug-likeness (QED) is 0.523. The average molecular weight is 553 g/mol. The molecule has 1 aromatic heterocycles. The van der Waals surface area contributed by atoms with Crippen molar-refractivity contribution in [3.63, 3.8) is 0 Å². The molecule has 6 rings (SSSR count). The summed E-state index contributed by atoms with van der Waals surface area (Å²) in [5, 5.41) is 2.96. The number of hydrogen-bond donors (Lipinski definition) is 1. The van der Waals surface area contributed by atoms with Gasteiger partial charge in [-0.1, -0.05) is 26.8 Å². The van der Waals surface area contributed by atoms with Crippen LogP contribution in [0.25, 0.3) is 0 Å². The number of hydrogen-bond acceptors (Lipinski definition) is 7. The van der Waals surface area contributed by atoms with Crippen LogP contribution in [-0.2, 0) is 14.6 Å². The highest BCUT2D eigenvalue weighted by molar-refractivity contribution is 7.91. The van der Waals surface area contributed by atoms with Crippen LogP contribution in [0.3, 0.4) is 0 Å². The molecule has 4 aliphatic rings. The molecule has 2 aromatic rings. The molecule has 0 unspecified atom stereocenters. The van der Waals surface area contributed by atoms with E-state index in [9.17, 15) is 13.2 Å². The number of sulfone groups is 1. The summed E-state index contributed by atoms with van der Waals surface area (Å²) in [6.45, 7) is 8.40.